The molecule has 2 aromatic rings. The summed E-state index contributed by atoms with van der Waals surface area (Å²) in [7, 11) is -10.4. The maximum absolute atomic E-state index is 13.8. The molecule has 0 bridgehead atoms. The average Bonchev–Trinajstić information content (AvgIpc) is 3.11. The molecule has 2 aromatic carbocycles. The Hall–Kier alpha value is -3.25. The van der Waals surface area contributed by atoms with Gasteiger partial charge < -0.3 is 45.4 Å². The summed E-state index contributed by atoms with van der Waals surface area (Å²) >= 11 is 0. The van der Waals surface area contributed by atoms with Crippen molar-refractivity contribution in [1.29, 1.82) is 0 Å². The first-order valence-corrected chi connectivity index (χ1v) is 18.1. The molecule has 254 valence electrons. The molecule has 0 saturated carbocycles. The Morgan fingerprint density at radius 1 is 1.04 bits per heavy atom. The zero-order valence-electron chi connectivity index (χ0n) is 26.4. The predicted molar refractivity (Wildman–Crippen MR) is 169 cm³/mol. The van der Waals surface area contributed by atoms with Crippen molar-refractivity contribution in [1.82, 2.24) is 10.6 Å². The van der Waals surface area contributed by atoms with Gasteiger partial charge >= 0.3 is 15.2 Å². The smallest absolute Gasteiger partial charge is 0.345 e. The largest absolute Gasteiger partial charge is 0.493 e. The summed E-state index contributed by atoms with van der Waals surface area (Å²) in [5, 5.41) is 3.39. The van der Waals surface area contributed by atoms with Gasteiger partial charge in [-0.1, -0.05) is 58.9 Å². The van der Waals surface area contributed by atoms with E-state index in [1.807, 2.05) is 13.8 Å². The molecule has 46 heavy (non-hydrogen) atoms. The van der Waals surface area contributed by atoms with Crippen LogP contribution in [0.15, 0.2) is 36.4 Å². The van der Waals surface area contributed by atoms with Crippen molar-refractivity contribution in [2.75, 3.05) is 13.2 Å². The van der Waals surface area contributed by atoms with Crippen LogP contribution in [0.2, 0.25) is 0 Å². The molecule has 0 radical (unpaired) electrons. The summed E-state index contributed by atoms with van der Waals surface area (Å²) in [5.41, 5.74) is 5.63. The number of nitrogens with two attached hydrogens (primary N) is 1. The number of fused-ring (bicyclic) bond motifs is 1. The van der Waals surface area contributed by atoms with E-state index >= 15 is 0 Å². The number of hydrogen-bond donors (Lipinski definition) is 7. The van der Waals surface area contributed by atoms with Crippen molar-refractivity contribution in [3.63, 3.8) is 0 Å². The fraction of sp³-hybridized carbons (Fsp3) is 0.500. The standard InChI is InChI=1S/C30H43N3O11P2/c1-17(2)16-44-25-15-24-20(14-21(25)26(31)34)22(7-6-12-43-24)32-27(35)23(33-29(36)30(3,4)5)13-18-8-10-19(11-9-18)28(45(37,38)39)46(40,41)42/h8-11,14-15,17,22-23,28H,6-7,12-13,16H2,1-5H3,(H2,31,34)(H,32,35)(H,33,36)(H2,37,38,39)(H2,40,41,42). The molecule has 1 heterocycles. The lowest BCUT2D eigenvalue weighted by molar-refractivity contribution is -0.133. The highest BCUT2D eigenvalue weighted by atomic mass is 31.2. The average molecular weight is 684 g/mol. The molecular formula is C30H43N3O11P2. The zero-order chi connectivity index (χ0) is 34.6. The molecule has 1 aliphatic rings. The van der Waals surface area contributed by atoms with Gasteiger partial charge in [0, 0.05) is 23.5 Å². The van der Waals surface area contributed by atoms with Gasteiger partial charge in [-0.15, -0.1) is 0 Å². The molecule has 0 aliphatic carbocycles. The third-order valence-corrected chi connectivity index (χ3v) is 10.9. The Morgan fingerprint density at radius 2 is 1.65 bits per heavy atom. The molecule has 0 saturated heterocycles. The molecule has 2 unspecified atom stereocenters. The second kappa shape index (κ2) is 14.7. The van der Waals surface area contributed by atoms with Gasteiger partial charge in [-0.05, 0) is 36.0 Å². The van der Waals surface area contributed by atoms with E-state index in [0.29, 0.717) is 42.9 Å². The Balaban J connectivity index is 1.94. The van der Waals surface area contributed by atoms with E-state index in [4.69, 9.17) is 15.2 Å². The second-order valence-electron chi connectivity index (χ2n) is 12.8. The molecule has 1 aliphatic heterocycles. The highest BCUT2D eigenvalue weighted by Gasteiger charge is 2.44. The third kappa shape index (κ3) is 9.87. The Labute approximate surface area is 267 Å². The number of nitrogens with one attached hydrogen (secondary N) is 2. The van der Waals surface area contributed by atoms with Crippen LogP contribution in [-0.2, 0) is 25.1 Å². The summed E-state index contributed by atoms with van der Waals surface area (Å²) in [6, 6.07) is 6.49. The van der Waals surface area contributed by atoms with Gasteiger partial charge in [-0.25, -0.2) is 0 Å². The highest BCUT2D eigenvalue weighted by molar-refractivity contribution is 7.70. The molecule has 0 fully saturated rings. The summed E-state index contributed by atoms with van der Waals surface area (Å²) in [6.07, 6.45) is 0.952. The van der Waals surface area contributed by atoms with Gasteiger partial charge in [-0.2, -0.15) is 0 Å². The number of carbonyl (C=O) groups excluding carboxylic acids is 3. The summed E-state index contributed by atoms with van der Waals surface area (Å²) < 4.78 is 35.4. The number of primary amides is 1. The van der Waals surface area contributed by atoms with Gasteiger partial charge in [0.25, 0.3) is 5.91 Å². The number of benzene rings is 2. The van der Waals surface area contributed by atoms with E-state index in [2.05, 4.69) is 10.6 Å². The van der Waals surface area contributed by atoms with E-state index in [1.54, 1.807) is 32.9 Å². The summed E-state index contributed by atoms with van der Waals surface area (Å²) in [6.45, 7) is 9.65. The van der Waals surface area contributed by atoms with Gasteiger partial charge in [0.05, 0.1) is 24.8 Å². The Bertz CT molecular complexity index is 1510. The SMILES string of the molecule is CC(C)COc1cc2c(cc1C(N)=O)C(NC(=O)C(Cc1ccc(C(P(=O)(O)O)P(=O)(O)O)cc1)NC(=O)C(C)(C)C)CCCO2. The van der Waals surface area contributed by atoms with Crippen LogP contribution >= 0.6 is 15.2 Å². The van der Waals surface area contributed by atoms with Crippen molar-refractivity contribution >= 4 is 32.9 Å². The van der Waals surface area contributed by atoms with Gasteiger partial charge in [0.1, 0.15) is 17.5 Å². The molecule has 14 nitrogen and oxygen atoms in total. The van der Waals surface area contributed by atoms with E-state index in [0.717, 1.165) is 0 Å². The third-order valence-electron chi connectivity index (χ3n) is 7.19. The second-order valence-corrected chi connectivity index (χ2v) is 16.6. The van der Waals surface area contributed by atoms with Crippen LogP contribution in [-0.4, -0.2) is 56.6 Å². The van der Waals surface area contributed by atoms with Crippen molar-refractivity contribution in [2.45, 2.75) is 71.4 Å². The Kier molecular flexibility index (Phi) is 11.9. The lowest BCUT2D eigenvalue weighted by Crippen LogP contribution is -2.51. The lowest BCUT2D eigenvalue weighted by atomic mass is 9.94. The summed E-state index contributed by atoms with van der Waals surface area (Å²) in [5.74, 6) is -0.812. The number of hydrogen-bond acceptors (Lipinski definition) is 7. The molecule has 3 rings (SSSR count). The molecular weight excluding hydrogens is 640 g/mol. The first kappa shape index (κ1) is 37.2. The van der Waals surface area contributed by atoms with E-state index < -0.39 is 55.8 Å². The molecule has 3 amide bonds. The Morgan fingerprint density at radius 3 is 2.17 bits per heavy atom. The van der Waals surface area contributed by atoms with Gasteiger partial charge in [0.2, 0.25) is 11.8 Å². The first-order chi connectivity index (χ1) is 21.2. The van der Waals surface area contributed by atoms with Crippen LogP contribution in [0.4, 0.5) is 0 Å². The fourth-order valence-electron chi connectivity index (χ4n) is 4.82. The van der Waals surface area contributed by atoms with Crippen LogP contribution in [0, 0.1) is 11.3 Å². The van der Waals surface area contributed by atoms with Crippen LogP contribution in [0.1, 0.15) is 86.0 Å². The number of amides is 3. The molecule has 0 aromatic heterocycles. The number of rotatable bonds is 12. The van der Waals surface area contributed by atoms with Crippen LogP contribution < -0.4 is 25.8 Å². The minimum Gasteiger partial charge on any atom is -0.493 e. The quantitative estimate of drug-likeness (QED) is 0.160. The minimum absolute atomic E-state index is 0.0605. The zero-order valence-corrected chi connectivity index (χ0v) is 28.2. The monoisotopic (exact) mass is 683 g/mol. The summed E-state index contributed by atoms with van der Waals surface area (Å²) in [4.78, 5) is 77.4. The molecule has 16 heteroatoms. The van der Waals surface area contributed by atoms with Crippen molar-refractivity contribution in [3.8, 4) is 11.5 Å². The molecule has 2 atom stereocenters. The van der Waals surface area contributed by atoms with Crippen LogP contribution in [0.3, 0.4) is 0 Å². The lowest BCUT2D eigenvalue weighted by Gasteiger charge is -2.27. The van der Waals surface area contributed by atoms with Crippen molar-refractivity contribution < 1.29 is 52.6 Å². The fourth-order valence-corrected chi connectivity index (χ4v) is 7.51. The topological polar surface area (TPSA) is 235 Å². The number of carbonyl (C=O) groups is 3. The molecule has 0 spiro atoms. The highest BCUT2D eigenvalue weighted by Crippen LogP contribution is 2.69. The predicted octanol–water partition coefficient (Wildman–Crippen LogP) is 3.28. The van der Waals surface area contributed by atoms with E-state index in [9.17, 15) is 43.1 Å². The number of ether oxygens (including phenoxy) is 2. The van der Waals surface area contributed by atoms with E-state index in [-0.39, 0.29) is 29.2 Å². The maximum atomic E-state index is 13.8. The first-order valence-electron chi connectivity index (χ1n) is 14.7. The van der Waals surface area contributed by atoms with Gasteiger partial charge in [-0.3, -0.25) is 23.5 Å². The normalized spacial score (nSPS) is 16.2. The van der Waals surface area contributed by atoms with E-state index in [1.165, 1.54) is 24.3 Å². The van der Waals surface area contributed by atoms with Crippen LogP contribution in [0.5, 0.6) is 11.5 Å². The molecule has 8 N–H and O–H groups in total. The minimum atomic E-state index is -5.22. The van der Waals surface area contributed by atoms with Crippen molar-refractivity contribution in [3.05, 3.63) is 58.7 Å². The van der Waals surface area contributed by atoms with Gasteiger partial charge in [0.15, 0.2) is 5.40 Å². The maximum Gasteiger partial charge on any atom is 0.345 e. The van der Waals surface area contributed by atoms with Crippen molar-refractivity contribution in [2.24, 2.45) is 17.1 Å². The van der Waals surface area contributed by atoms with Crippen LogP contribution in [0.25, 0.3) is 0 Å².